The van der Waals surface area contributed by atoms with Gasteiger partial charge in [-0.25, -0.2) is 0 Å². The van der Waals surface area contributed by atoms with E-state index in [9.17, 15) is 9.59 Å². The summed E-state index contributed by atoms with van der Waals surface area (Å²) in [6.07, 6.45) is 4.90. The fourth-order valence-corrected chi connectivity index (χ4v) is 4.18. The van der Waals surface area contributed by atoms with E-state index in [0.717, 1.165) is 28.6 Å². The second-order valence-electron chi connectivity index (χ2n) is 7.95. The highest BCUT2D eigenvalue weighted by molar-refractivity contribution is 6.10. The first-order valence-electron chi connectivity index (χ1n) is 9.49. The molecule has 3 heterocycles. The van der Waals surface area contributed by atoms with Crippen molar-refractivity contribution in [2.45, 2.75) is 37.8 Å². The predicted molar refractivity (Wildman–Crippen MR) is 108 cm³/mol. The zero-order valence-electron chi connectivity index (χ0n) is 16.5. The second kappa shape index (κ2) is 6.34. The topological polar surface area (TPSA) is 74.4 Å². The molecule has 6 heteroatoms. The third kappa shape index (κ3) is 2.52. The Morgan fingerprint density at radius 3 is 2.75 bits per heavy atom. The minimum absolute atomic E-state index is 0.216. The van der Waals surface area contributed by atoms with Gasteiger partial charge in [-0.3, -0.25) is 9.59 Å². The summed E-state index contributed by atoms with van der Waals surface area (Å²) >= 11 is 0. The van der Waals surface area contributed by atoms with E-state index in [1.165, 1.54) is 7.11 Å². The number of nitrogens with one attached hydrogen (secondary N) is 2. The first kappa shape index (κ1) is 18.5. The zero-order chi connectivity index (χ0) is 20.1. The molecule has 1 unspecified atom stereocenters. The maximum absolute atomic E-state index is 13.1. The molecular formula is C22H25N3O3. The second-order valence-corrected chi connectivity index (χ2v) is 7.95. The van der Waals surface area contributed by atoms with Crippen LogP contribution in [0.25, 0.3) is 17.0 Å². The molecule has 146 valence electrons. The monoisotopic (exact) mass is 379 g/mol. The van der Waals surface area contributed by atoms with Crippen LogP contribution >= 0.6 is 0 Å². The van der Waals surface area contributed by atoms with Crippen molar-refractivity contribution in [3.63, 3.8) is 0 Å². The first-order chi connectivity index (χ1) is 13.3. The van der Waals surface area contributed by atoms with Crippen molar-refractivity contribution in [2.24, 2.45) is 0 Å². The van der Waals surface area contributed by atoms with Gasteiger partial charge in [-0.1, -0.05) is 38.1 Å². The fraction of sp³-hybridized carbons (Fsp3) is 0.364. The third-order valence-electron chi connectivity index (χ3n) is 5.94. The minimum Gasteiger partial charge on any atom is -0.357 e. The van der Waals surface area contributed by atoms with Gasteiger partial charge in [-0.15, -0.1) is 6.58 Å². The number of carbonyl (C=O) groups is 2. The van der Waals surface area contributed by atoms with E-state index in [0.29, 0.717) is 13.0 Å². The number of aromatic nitrogens is 1. The molecular weight excluding hydrogens is 354 g/mol. The van der Waals surface area contributed by atoms with Crippen molar-refractivity contribution in [2.75, 3.05) is 13.7 Å². The Morgan fingerprint density at radius 1 is 1.29 bits per heavy atom. The Morgan fingerprint density at radius 2 is 2.04 bits per heavy atom. The summed E-state index contributed by atoms with van der Waals surface area (Å²) in [6.45, 7) is 8.59. The molecule has 2 aliphatic heterocycles. The van der Waals surface area contributed by atoms with Crippen LogP contribution in [-0.2, 0) is 19.7 Å². The number of amides is 2. The van der Waals surface area contributed by atoms with Crippen molar-refractivity contribution in [1.29, 1.82) is 0 Å². The molecule has 4 rings (SSSR count). The number of methoxy groups -OCH3 is 1. The number of allylic oxidation sites excluding steroid dienone is 1. The van der Waals surface area contributed by atoms with Crippen LogP contribution in [0.4, 0.5) is 0 Å². The van der Waals surface area contributed by atoms with Gasteiger partial charge in [0.25, 0.3) is 11.8 Å². The number of carbonyl (C=O) groups excluding carboxylic acids is 2. The largest absolute Gasteiger partial charge is 0.357 e. The number of H-pyrrole nitrogens is 1. The molecule has 2 aliphatic rings. The average molecular weight is 379 g/mol. The predicted octanol–water partition coefficient (Wildman–Crippen LogP) is 3.07. The summed E-state index contributed by atoms with van der Waals surface area (Å²) in [7, 11) is 1.48. The number of para-hydroxylation sites is 1. The molecule has 0 aliphatic carbocycles. The molecule has 6 nitrogen and oxygen atoms in total. The Balaban J connectivity index is 1.87. The van der Waals surface area contributed by atoms with Crippen molar-refractivity contribution in [3.8, 4) is 0 Å². The summed E-state index contributed by atoms with van der Waals surface area (Å²) < 4.78 is 5.48. The average Bonchev–Trinajstić information content (AvgIpc) is 3.29. The summed E-state index contributed by atoms with van der Waals surface area (Å²) in [5, 5.41) is 3.79. The van der Waals surface area contributed by atoms with Gasteiger partial charge in [-0.05, 0) is 18.6 Å². The number of ether oxygens (including phenoxy) is 1. The minimum atomic E-state index is -1.18. The number of hydrogen-bond acceptors (Lipinski definition) is 3. The first-order valence-corrected chi connectivity index (χ1v) is 9.49. The molecule has 28 heavy (non-hydrogen) atoms. The van der Waals surface area contributed by atoms with Gasteiger partial charge in [0.2, 0.25) is 5.72 Å². The van der Waals surface area contributed by atoms with Crippen LogP contribution < -0.4 is 5.32 Å². The van der Waals surface area contributed by atoms with Crippen molar-refractivity contribution in [1.82, 2.24) is 15.2 Å². The lowest BCUT2D eigenvalue weighted by Crippen LogP contribution is -2.64. The Hall–Kier alpha value is -2.86. The molecule has 2 N–H and O–H groups in total. The fourth-order valence-electron chi connectivity index (χ4n) is 4.18. The standard InChI is InChI=1S/C22H25N3O3/c1-5-21(2,3)18-15(14-9-6-7-10-16(14)23-18)13-17-19(26)25-12-8-11-22(25,28-4)20(27)24-17/h5-7,9-10,13,23H,1,8,11-12H2,2-4H3,(H,24,27). The van der Waals surface area contributed by atoms with E-state index in [1.807, 2.05) is 30.3 Å². The molecule has 0 spiro atoms. The number of fused-ring (bicyclic) bond motifs is 2. The smallest absolute Gasteiger partial charge is 0.278 e. The van der Waals surface area contributed by atoms with Gasteiger partial charge in [-0.2, -0.15) is 0 Å². The summed E-state index contributed by atoms with van der Waals surface area (Å²) in [6, 6.07) is 7.93. The molecule has 1 atom stereocenters. The highest BCUT2D eigenvalue weighted by Crippen LogP contribution is 2.37. The molecule has 1 aromatic carbocycles. The number of rotatable bonds is 4. The lowest BCUT2D eigenvalue weighted by Gasteiger charge is -2.40. The normalized spacial score (nSPS) is 24.0. The van der Waals surface area contributed by atoms with E-state index in [2.05, 4.69) is 30.7 Å². The van der Waals surface area contributed by atoms with Gasteiger partial charge < -0.3 is 19.9 Å². The number of benzene rings is 1. The van der Waals surface area contributed by atoms with Crippen LogP contribution in [0, 0.1) is 0 Å². The Bertz CT molecular complexity index is 1020. The van der Waals surface area contributed by atoms with Crippen LogP contribution in [0.3, 0.4) is 0 Å². The van der Waals surface area contributed by atoms with Crippen molar-refractivity contribution >= 4 is 28.8 Å². The van der Waals surface area contributed by atoms with Gasteiger partial charge >= 0.3 is 0 Å². The van der Waals surface area contributed by atoms with Crippen molar-refractivity contribution < 1.29 is 14.3 Å². The number of nitrogens with zero attached hydrogens (tertiary/aromatic N) is 1. The van der Waals surface area contributed by atoms with Crippen LogP contribution in [0.15, 0.2) is 42.6 Å². The van der Waals surface area contributed by atoms with E-state index >= 15 is 0 Å². The van der Waals surface area contributed by atoms with E-state index in [1.54, 1.807) is 11.0 Å². The quantitative estimate of drug-likeness (QED) is 0.633. The Labute approximate surface area is 164 Å². The van der Waals surface area contributed by atoms with Crippen LogP contribution in [0.5, 0.6) is 0 Å². The summed E-state index contributed by atoms with van der Waals surface area (Å²) in [5.41, 5.74) is 1.55. The van der Waals surface area contributed by atoms with Crippen LogP contribution in [-0.4, -0.2) is 41.1 Å². The Kier molecular flexibility index (Phi) is 4.19. The summed E-state index contributed by atoms with van der Waals surface area (Å²) in [4.78, 5) is 31.0. The van der Waals surface area contributed by atoms with Gasteiger partial charge in [0.1, 0.15) is 5.70 Å². The molecule has 2 saturated heterocycles. The number of aromatic amines is 1. The lowest BCUT2D eigenvalue weighted by atomic mass is 9.86. The van der Waals surface area contributed by atoms with Crippen LogP contribution in [0.2, 0.25) is 0 Å². The maximum Gasteiger partial charge on any atom is 0.278 e. The van der Waals surface area contributed by atoms with E-state index in [4.69, 9.17) is 4.74 Å². The number of piperazine rings is 1. The van der Waals surface area contributed by atoms with Gasteiger partial charge in [0.15, 0.2) is 0 Å². The van der Waals surface area contributed by atoms with Gasteiger partial charge in [0.05, 0.1) is 0 Å². The SMILES string of the molecule is C=CC(C)(C)c1[nH]c2ccccc2c1C=C1NC(=O)C2(OC)CCCN2C1=O. The molecule has 2 fully saturated rings. The molecule has 0 radical (unpaired) electrons. The highest BCUT2D eigenvalue weighted by Gasteiger charge is 2.54. The van der Waals surface area contributed by atoms with E-state index in [-0.39, 0.29) is 22.9 Å². The maximum atomic E-state index is 13.1. The lowest BCUT2D eigenvalue weighted by molar-refractivity contribution is -0.177. The molecule has 0 bridgehead atoms. The number of hydrogen-bond donors (Lipinski definition) is 2. The third-order valence-corrected chi connectivity index (χ3v) is 5.94. The van der Waals surface area contributed by atoms with Gasteiger partial charge in [0, 0.05) is 47.7 Å². The molecule has 2 amide bonds. The zero-order valence-corrected chi connectivity index (χ0v) is 16.5. The van der Waals surface area contributed by atoms with Crippen molar-refractivity contribution in [3.05, 3.63) is 53.9 Å². The molecule has 1 aromatic heterocycles. The molecule has 0 saturated carbocycles. The summed E-state index contributed by atoms with van der Waals surface area (Å²) in [5.74, 6) is -0.505. The highest BCUT2D eigenvalue weighted by atomic mass is 16.5. The molecule has 2 aromatic rings. The van der Waals surface area contributed by atoms with E-state index < -0.39 is 5.72 Å². The van der Waals surface area contributed by atoms with Crippen LogP contribution in [0.1, 0.15) is 37.9 Å².